The van der Waals surface area contributed by atoms with Gasteiger partial charge in [0.05, 0.1) is 11.2 Å². The van der Waals surface area contributed by atoms with Crippen LogP contribution in [0.15, 0.2) is 29.2 Å². The van der Waals surface area contributed by atoms with Gasteiger partial charge in [-0.05, 0) is 43.2 Å². The Hall–Kier alpha value is -1.21. The molecule has 0 saturated heterocycles. The molecule has 1 aliphatic rings. The van der Waals surface area contributed by atoms with E-state index in [2.05, 4.69) is 5.32 Å². The minimum atomic E-state index is -4.39. The van der Waals surface area contributed by atoms with Crippen molar-refractivity contribution in [2.75, 3.05) is 5.32 Å². The van der Waals surface area contributed by atoms with Gasteiger partial charge in [-0.1, -0.05) is 12.1 Å². The van der Waals surface area contributed by atoms with Gasteiger partial charge >= 0.3 is 5.51 Å². The minimum absolute atomic E-state index is 0.0359. The maximum Gasteiger partial charge on any atom is 0.446 e. The Kier molecular flexibility index (Phi) is 3.78. The normalized spacial score (nSPS) is 17.7. The first-order valence-corrected chi connectivity index (χ1v) is 6.57. The fourth-order valence-electron chi connectivity index (χ4n) is 1.82. The van der Waals surface area contributed by atoms with E-state index in [0.717, 1.165) is 6.42 Å². The number of nitrogens with one attached hydrogen (secondary N) is 1. The van der Waals surface area contributed by atoms with Crippen molar-refractivity contribution < 1.29 is 18.0 Å². The largest absolute Gasteiger partial charge is 0.446 e. The molecule has 1 fully saturated rings. The average molecular weight is 290 g/mol. The molecule has 7 heteroatoms. The van der Waals surface area contributed by atoms with Gasteiger partial charge in [0.25, 0.3) is 0 Å². The second-order valence-corrected chi connectivity index (χ2v) is 5.61. The third-order valence-corrected chi connectivity index (χ3v) is 3.87. The van der Waals surface area contributed by atoms with E-state index in [1.165, 1.54) is 18.2 Å². The first-order chi connectivity index (χ1) is 8.80. The zero-order chi connectivity index (χ0) is 14.1. The van der Waals surface area contributed by atoms with Crippen LogP contribution in [0.5, 0.6) is 0 Å². The summed E-state index contributed by atoms with van der Waals surface area (Å²) in [6, 6.07) is 5.82. The molecule has 1 saturated carbocycles. The molecule has 0 bridgehead atoms. The molecule has 104 valence electrons. The second-order valence-electron chi connectivity index (χ2n) is 4.51. The van der Waals surface area contributed by atoms with Crippen LogP contribution in [0, 0.1) is 0 Å². The Morgan fingerprint density at radius 3 is 2.47 bits per heavy atom. The van der Waals surface area contributed by atoms with Crippen molar-refractivity contribution in [1.29, 1.82) is 0 Å². The standard InChI is InChI=1S/C12H13F3N2OS/c13-12(14,15)19-9-5-2-1-4-8(9)17-10(18)11(16)6-3-7-11/h1-2,4-5H,3,6-7,16H2,(H,17,18). The molecule has 0 spiro atoms. The van der Waals surface area contributed by atoms with E-state index >= 15 is 0 Å². The number of carbonyl (C=O) groups excluding carboxylic acids is 1. The average Bonchev–Trinajstić information content (AvgIpc) is 2.26. The number of carbonyl (C=O) groups is 1. The molecule has 2 rings (SSSR count). The number of para-hydroxylation sites is 1. The summed E-state index contributed by atoms with van der Waals surface area (Å²) in [5.74, 6) is -0.422. The number of thioether (sulfide) groups is 1. The van der Waals surface area contributed by atoms with Gasteiger partial charge in [-0.15, -0.1) is 0 Å². The highest BCUT2D eigenvalue weighted by atomic mass is 32.2. The summed E-state index contributed by atoms with van der Waals surface area (Å²) in [6.07, 6.45) is 1.99. The summed E-state index contributed by atoms with van der Waals surface area (Å²) in [4.78, 5) is 11.9. The van der Waals surface area contributed by atoms with E-state index in [4.69, 9.17) is 5.73 Å². The fourth-order valence-corrected chi connectivity index (χ4v) is 2.44. The van der Waals surface area contributed by atoms with Crippen LogP contribution in [0.3, 0.4) is 0 Å². The number of rotatable bonds is 3. The quantitative estimate of drug-likeness (QED) is 0.841. The molecule has 0 heterocycles. The molecule has 1 aromatic carbocycles. The Labute approximate surface area is 112 Å². The second kappa shape index (κ2) is 5.05. The Balaban J connectivity index is 2.14. The molecule has 1 aromatic rings. The smallest absolute Gasteiger partial charge is 0.323 e. The zero-order valence-corrected chi connectivity index (χ0v) is 10.8. The van der Waals surface area contributed by atoms with Gasteiger partial charge in [-0.3, -0.25) is 4.79 Å². The lowest BCUT2D eigenvalue weighted by atomic mass is 9.77. The van der Waals surface area contributed by atoms with E-state index in [0.29, 0.717) is 12.8 Å². The van der Waals surface area contributed by atoms with Crippen molar-refractivity contribution in [2.45, 2.75) is 35.2 Å². The van der Waals surface area contributed by atoms with Crippen molar-refractivity contribution in [3.05, 3.63) is 24.3 Å². The Bertz CT molecular complexity index is 486. The van der Waals surface area contributed by atoms with Crippen LogP contribution in [0.4, 0.5) is 18.9 Å². The lowest BCUT2D eigenvalue weighted by molar-refractivity contribution is -0.123. The van der Waals surface area contributed by atoms with Crippen LogP contribution in [0.2, 0.25) is 0 Å². The number of halogens is 3. The lowest BCUT2D eigenvalue weighted by Gasteiger charge is -2.36. The van der Waals surface area contributed by atoms with E-state index in [-0.39, 0.29) is 22.3 Å². The van der Waals surface area contributed by atoms with Crippen LogP contribution in [-0.4, -0.2) is 17.0 Å². The lowest BCUT2D eigenvalue weighted by Crippen LogP contribution is -2.56. The summed E-state index contributed by atoms with van der Waals surface area (Å²) in [5.41, 5.74) is 0.650. The predicted molar refractivity (Wildman–Crippen MR) is 67.8 cm³/mol. The zero-order valence-electron chi connectivity index (χ0n) is 9.96. The van der Waals surface area contributed by atoms with E-state index in [1.54, 1.807) is 6.07 Å². The highest BCUT2D eigenvalue weighted by Gasteiger charge is 2.40. The molecule has 0 aliphatic heterocycles. The molecule has 0 aromatic heterocycles. The van der Waals surface area contributed by atoms with Crippen molar-refractivity contribution in [2.24, 2.45) is 5.73 Å². The summed E-state index contributed by atoms with van der Waals surface area (Å²) in [6.45, 7) is 0. The van der Waals surface area contributed by atoms with Gasteiger partial charge in [0, 0.05) is 4.90 Å². The summed E-state index contributed by atoms with van der Waals surface area (Å²) < 4.78 is 37.2. The van der Waals surface area contributed by atoms with Gasteiger partial charge < -0.3 is 11.1 Å². The predicted octanol–water partition coefficient (Wildman–Crippen LogP) is 3.12. The molecule has 3 nitrogen and oxygen atoms in total. The van der Waals surface area contributed by atoms with Crippen molar-refractivity contribution in [3.8, 4) is 0 Å². The van der Waals surface area contributed by atoms with Gasteiger partial charge in [-0.25, -0.2) is 0 Å². The first-order valence-electron chi connectivity index (χ1n) is 5.75. The summed E-state index contributed by atoms with van der Waals surface area (Å²) >= 11 is -0.250. The van der Waals surface area contributed by atoms with Crippen molar-refractivity contribution in [3.63, 3.8) is 0 Å². The molecule has 1 amide bonds. The van der Waals surface area contributed by atoms with E-state index in [1.807, 2.05) is 0 Å². The molecule has 19 heavy (non-hydrogen) atoms. The topological polar surface area (TPSA) is 55.1 Å². The molecule has 3 N–H and O–H groups in total. The number of alkyl halides is 3. The number of anilines is 1. The molecule has 0 unspecified atom stereocenters. The minimum Gasteiger partial charge on any atom is -0.323 e. The maximum atomic E-state index is 12.4. The highest BCUT2D eigenvalue weighted by molar-refractivity contribution is 8.00. The Morgan fingerprint density at radius 2 is 1.95 bits per heavy atom. The third kappa shape index (κ3) is 3.42. The van der Waals surface area contributed by atoms with E-state index < -0.39 is 17.0 Å². The number of hydrogen-bond donors (Lipinski definition) is 2. The van der Waals surface area contributed by atoms with Gasteiger partial charge in [-0.2, -0.15) is 13.2 Å². The molecule has 0 radical (unpaired) electrons. The van der Waals surface area contributed by atoms with Gasteiger partial charge in [0.2, 0.25) is 5.91 Å². The van der Waals surface area contributed by atoms with E-state index in [9.17, 15) is 18.0 Å². The fraction of sp³-hybridized carbons (Fsp3) is 0.417. The summed E-state index contributed by atoms with van der Waals surface area (Å²) in [5, 5.41) is 2.49. The molecule has 0 atom stereocenters. The van der Waals surface area contributed by atoms with Gasteiger partial charge in [0.1, 0.15) is 0 Å². The van der Waals surface area contributed by atoms with Crippen molar-refractivity contribution >= 4 is 23.4 Å². The van der Waals surface area contributed by atoms with Crippen LogP contribution < -0.4 is 11.1 Å². The number of benzene rings is 1. The Morgan fingerprint density at radius 1 is 1.32 bits per heavy atom. The molecule has 1 aliphatic carbocycles. The highest BCUT2D eigenvalue weighted by Crippen LogP contribution is 2.40. The monoisotopic (exact) mass is 290 g/mol. The SMILES string of the molecule is NC1(C(=O)Nc2ccccc2SC(F)(F)F)CCC1. The van der Waals surface area contributed by atoms with Crippen LogP contribution in [0.1, 0.15) is 19.3 Å². The molecular weight excluding hydrogens is 277 g/mol. The van der Waals surface area contributed by atoms with Crippen LogP contribution in [-0.2, 0) is 4.79 Å². The first kappa shape index (κ1) is 14.2. The number of amides is 1. The van der Waals surface area contributed by atoms with Crippen molar-refractivity contribution in [1.82, 2.24) is 0 Å². The van der Waals surface area contributed by atoms with Crippen LogP contribution in [0.25, 0.3) is 0 Å². The molecular formula is C12H13F3N2OS. The maximum absolute atomic E-state index is 12.4. The third-order valence-electron chi connectivity index (χ3n) is 3.06. The van der Waals surface area contributed by atoms with Crippen LogP contribution >= 0.6 is 11.8 Å². The van der Waals surface area contributed by atoms with Gasteiger partial charge in [0.15, 0.2) is 0 Å². The summed E-state index contributed by atoms with van der Waals surface area (Å²) in [7, 11) is 0. The number of hydrogen-bond acceptors (Lipinski definition) is 3. The number of nitrogens with two attached hydrogens (primary N) is 1.